The van der Waals surface area contributed by atoms with E-state index in [0.717, 1.165) is 21.7 Å². The molecule has 3 aromatic carbocycles. The SMILES string of the molecule is COc1ccc(-c2csc(NC(=O)C(C)Sc3ccc(NC(=O)/C=C/c4ccccc4)cc3)n2)cc1OC. The molecule has 7 nitrogen and oxygen atoms in total. The lowest BCUT2D eigenvalue weighted by atomic mass is 10.1. The van der Waals surface area contributed by atoms with Crippen molar-refractivity contribution in [2.45, 2.75) is 17.1 Å². The van der Waals surface area contributed by atoms with Crippen molar-refractivity contribution < 1.29 is 19.1 Å². The summed E-state index contributed by atoms with van der Waals surface area (Å²) in [4.78, 5) is 30.4. The zero-order valence-electron chi connectivity index (χ0n) is 21.1. The van der Waals surface area contributed by atoms with Gasteiger partial charge in [-0.05, 0) is 61.0 Å². The van der Waals surface area contributed by atoms with Crippen molar-refractivity contribution in [3.63, 3.8) is 0 Å². The van der Waals surface area contributed by atoms with Crippen molar-refractivity contribution in [1.82, 2.24) is 4.98 Å². The van der Waals surface area contributed by atoms with Crippen LogP contribution < -0.4 is 20.1 Å². The summed E-state index contributed by atoms with van der Waals surface area (Å²) in [6, 6.07) is 22.6. The van der Waals surface area contributed by atoms with Gasteiger partial charge in [0.25, 0.3) is 0 Å². The summed E-state index contributed by atoms with van der Waals surface area (Å²) in [6.45, 7) is 1.84. The van der Waals surface area contributed by atoms with Gasteiger partial charge in [-0.15, -0.1) is 23.1 Å². The molecule has 1 atom stereocenters. The molecule has 9 heteroatoms. The molecular weight excluding hydrogens is 518 g/mol. The van der Waals surface area contributed by atoms with E-state index in [1.165, 1.54) is 29.2 Å². The first-order valence-corrected chi connectivity index (χ1v) is 13.5. The molecule has 0 aliphatic rings. The number of aromatic nitrogens is 1. The van der Waals surface area contributed by atoms with Crippen LogP contribution in [-0.4, -0.2) is 36.3 Å². The van der Waals surface area contributed by atoms with Gasteiger partial charge < -0.3 is 20.1 Å². The molecule has 4 aromatic rings. The summed E-state index contributed by atoms with van der Waals surface area (Å²) in [7, 11) is 3.17. The molecule has 0 aliphatic carbocycles. The average Bonchev–Trinajstić information content (AvgIpc) is 3.41. The third-order valence-corrected chi connectivity index (χ3v) is 7.31. The maximum Gasteiger partial charge on any atom is 0.248 e. The Labute approximate surface area is 229 Å². The van der Waals surface area contributed by atoms with Crippen LogP contribution in [0, 0.1) is 0 Å². The molecule has 38 heavy (non-hydrogen) atoms. The van der Waals surface area contributed by atoms with E-state index in [2.05, 4.69) is 15.6 Å². The number of nitrogens with zero attached hydrogens (tertiary/aromatic N) is 1. The van der Waals surface area contributed by atoms with Gasteiger partial charge in [0.2, 0.25) is 11.8 Å². The Kier molecular flexibility index (Phi) is 9.18. The average molecular weight is 546 g/mol. The van der Waals surface area contributed by atoms with Crippen LogP contribution in [0.25, 0.3) is 17.3 Å². The molecule has 1 unspecified atom stereocenters. The van der Waals surface area contributed by atoms with Gasteiger partial charge in [0, 0.05) is 27.6 Å². The van der Waals surface area contributed by atoms with Crippen LogP contribution in [0.1, 0.15) is 12.5 Å². The molecule has 4 rings (SSSR count). The number of methoxy groups -OCH3 is 2. The minimum atomic E-state index is -0.349. The van der Waals surface area contributed by atoms with Crippen LogP contribution in [0.2, 0.25) is 0 Å². The van der Waals surface area contributed by atoms with Gasteiger partial charge in [-0.2, -0.15) is 0 Å². The number of thiazole rings is 1. The first-order valence-electron chi connectivity index (χ1n) is 11.7. The molecule has 0 radical (unpaired) electrons. The highest BCUT2D eigenvalue weighted by Gasteiger charge is 2.17. The van der Waals surface area contributed by atoms with Crippen LogP contribution in [0.3, 0.4) is 0 Å². The van der Waals surface area contributed by atoms with E-state index < -0.39 is 0 Å². The van der Waals surface area contributed by atoms with Crippen molar-refractivity contribution in [2.75, 3.05) is 24.9 Å². The van der Waals surface area contributed by atoms with E-state index in [0.29, 0.717) is 22.3 Å². The fraction of sp³-hybridized carbons (Fsp3) is 0.138. The highest BCUT2D eigenvalue weighted by atomic mass is 32.2. The number of ether oxygens (including phenoxy) is 2. The maximum atomic E-state index is 12.8. The second-order valence-electron chi connectivity index (χ2n) is 8.11. The smallest absolute Gasteiger partial charge is 0.248 e. The Morgan fingerprint density at radius 1 is 0.947 bits per heavy atom. The summed E-state index contributed by atoms with van der Waals surface area (Å²) in [6.07, 6.45) is 3.26. The number of carbonyl (C=O) groups excluding carboxylic acids is 2. The van der Waals surface area contributed by atoms with Crippen molar-refractivity contribution in [1.29, 1.82) is 0 Å². The van der Waals surface area contributed by atoms with E-state index >= 15 is 0 Å². The molecular formula is C29H27N3O4S2. The minimum Gasteiger partial charge on any atom is -0.493 e. The van der Waals surface area contributed by atoms with Gasteiger partial charge in [-0.1, -0.05) is 30.3 Å². The quantitative estimate of drug-likeness (QED) is 0.172. The molecule has 0 fully saturated rings. The predicted octanol–water partition coefficient (Wildman–Crippen LogP) is 6.60. The van der Waals surface area contributed by atoms with E-state index in [1.807, 2.05) is 85.1 Å². The first-order chi connectivity index (χ1) is 18.4. The zero-order chi connectivity index (χ0) is 26.9. The van der Waals surface area contributed by atoms with Gasteiger partial charge in [-0.3, -0.25) is 9.59 Å². The summed E-state index contributed by atoms with van der Waals surface area (Å²) in [5.41, 5.74) is 3.24. The van der Waals surface area contributed by atoms with E-state index in [-0.39, 0.29) is 17.1 Å². The lowest BCUT2D eigenvalue weighted by Gasteiger charge is -2.11. The molecule has 0 spiro atoms. The molecule has 2 N–H and O–H groups in total. The van der Waals surface area contributed by atoms with Gasteiger partial charge in [-0.25, -0.2) is 4.98 Å². The highest BCUT2D eigenvalue weighted by molar-refractivity contribution is 8.00. The Bertz CT molecular complexity index is 1420. The van der Waals surface area contributed by atoms with E-state index in [1.54, 1.807) is 20.3 Å². The Hall–Kier alpha value is -4.08. The number of hydrogen-bond donors (Lipinski definition) is 2. The van der Waals surface area contributed by atoms with Gasteiger partial charge in [0.15, 0.2) is 16.6 Å². The highest BCUT2D eigenvalue weighted by Crippen LogP contribution is 2.34. The fourth-order valence-corrected chi connectivity index (χ4v) is 5.05. The lowest BCUT2D eigenvalue weighted by Crippen LogP contribution is -2.22. The molecule has 0 saturated heterocycles. The predicted molar refractivity (Wildman–Crippen MR) is 155 cm³/mol. The lowest BCUT2D eigenvalue weighted by molar-refractivity contribution is -0.115. The summed E-state index contributed by atoms with van der Waals surface area (Å²) in [5.74, 6) is 0.897. The third-order valence-electron chi connectivity index (χ3n) is 5.44. The molecule has 0 bridgehead atoms. The standard InChI is InChI=1S/C29H27N3O4S2/c1-19(28(34)32-29-31-24(18-37-29)21-10-15-25(35-2)26(17-21)36-3)38-23-13-11-22(12-14-23)30-27(33)16-9-20-7-5-4-6-8-20/h4-19H,1-3H3,(H,30,33)(H,31,32,34)/b16-9+. The van der Waals surface area contributed by atoms with Crippen LogP contribution in [0.5, 0.6) is 11.5 Å². The van der Waals surface area contributed by atoms with Crippen molar-refractivity contribution in [2.24, 2.45) is 0 Å². The molecule has 0 saturated carbocycles. The molecule has 194 valence electrons. The number of benzene rings is 3. The number of rotatable bonds is 10. The van der Waals surface area contributed by atoms with Crippen molar-refractivity contribution in [3.05, 3.63) is 89.8 Å². The van der Waals surface area contributed by atoms with E-state index in [4.69, 9.17) is 9.47 Å². The second-order valence-corrected chi connectivity index (χ2v) is 10.4. The number of amides is 2. The fourth-order valence-electron chi connectivity index (χ4n) is 3.46. The van der Waals surface area contributed by atoms with Crippen molar-refractivity contribution in [3.8, 4) is 22.8 Å². The molecule has 1 heterocycles. The number of anilines is 2. The van der Waals surface area contributed by atoms with Gasteiger partial charge in [0.1, 0.15) is 0 Å². The molecule has 0 aliphatic heterocycles. The van der Waals surface area contributed by atoms with Crippen LogP contribution >= 0.6 is 23.1 Å². The number of carbonyl (C=O) groups is 2. The van der Waals surface area contributed by atoms with Crippen LogP contribution in [0.4, 0.5) is 10.8 Å². The Morgan fingerprint density at radius 2 is 1.68 bits per heavy atom. The minimum absolute atomic E-state index is 0.147. The van der Waals surface area contributed by atoms with Crippen LogP contribution in [0.15, 0.2) is 89.1 Å². The summed E-state index contributed by atoms with van der Waals surface area (Å²) in [5, 5.41) is 7.80. The number of nitrogens with one attached hydrogen (secondary N) is 2. The third kappa shape index (κ3) is 7.24. The summed E-state index contributed by atoms with van der Waals surface area (Å²) < 4.78 is 10.7. The van der Waals surface area contributed by atoms with E-state index in [9.17, 15) is 9.59 Å². The Morgan fingerprint density at radius 3 is 2.39 bits per heavy atom. The maximum absolute atomic E-state index is 12.8. The number of thioether (sulfide) groups is 1. The monoisotopic (exact) mass is 545 g/mol. The molecule has 1 aromatic heterocycles. The number of hydrogen-bond acceptors (Lipinski definition) is 7. The zero-order valence-corrected chi connectivity index (χ0v) is 22.8. The molecule has 2 amide bonds. The van der Waals surface area contributed by atoms with Gasteiger partial charge in [0.05, 0.1) is 25.2 Å². The van der Waals surface area contributed by atoms with Crippen molar-refractivity contribution >= 4 is 51.8 Å². The second kappa shape index (κ2) is 12.9. The van der Waals surface area contributed by atoms with Gasteiger partial charge >= 0.3 is 0 Å². The summed E-state index contributed by atoms with van der Waals surface area (Å²) >= 11 is 2.79. The Balaban J connectivity index is 1.30. The normalized spacial score (nSPS) is 11.7. The first kappa shape index (κ1) is 27.0. The van der Waals surface area contributed by atoms with Crippen LogP contribution in [-0.2, 0) is 9.59 Å². The largest absolute Gasteiger partial charge is 0.493 e. The topological polar surface area (TPSA) is 89.6 Å².